The summed E-state index contributed by atoms with van der Waals surface area (Å²) in [5.41, 5.74) is 1.48. The Morgan fingerprint density at radius 3 is 2.52 bits per heavy atom. The number of hydrogen-bond donors (Lipinski definition) is 0. The minimum Gasteiger partial charge on any atom is -0.383 e. The smallest absolute Gasteiger partial charge is 0.225 e. The zero-order chi connectivity index (χ0) is 18.7. The predicted molar refractivity (Wildman–Crippen MR) is 103 cm³/mol. The van der Waals surface area contributed by atoms with Gasteiger partial charge in [-0.05, 0) is 61.5 Å². The molecule has 144 valence electrons. The van der Waals surface area contributed by atoms with Gasteiger partial charge < -0.3 is 9.64 Å². The second-order valence-electron chi connectivity index (χ2n) is 7.89. The summed E-state index contributed by atoms with van der Waals surface area (Å²) in [6.07, 6.45) is 7.07. The van der Waals surface area contributed by atoms with Crippen molar-refractivity contribution in [1.82, 2.24) is 14.9 Å². The number of hydrogen-bond acceptors (Lipinski definition) is 5. The highest BCUT2D eigenvalue weighted by Crippen LogP contribution is 2.44. The van der Waals surface area contributed by atoms with Crippen LogP contribution >= 0.6 is 0 Å². The first kappa shape index (κ1) is 18.3. The molecular formula is C21H27FN4O. The molecule has 0 N–H and O–H groups in total. The quantitative estimate of drug-likeness (QED) is 0.809. The van der Waals surface area contributed by atoms with Crippen molar-refractivity contribution in [2.75, 3.05) is 38.3 Å². The van der Waals surface area contributed by atoms with Gasteiger partial charge in [0.1, 0.15) is 5.82 Å². The summed E-state index contributed by atoms with van der Waals surface area (Å²) in [5.74, 6) is 0.639. The fourth-order valence-corrected chi connectivity index (χ4v) is 4.58. The molecule has 6 heteroatoms. The lowest BCUT2D eigenvalue weighted by Gasteiger charge is -2.39. The third-order valence-corrected chi connectivity index (χ3v) is 6.02. The molecule has 4 rings (SSSR count). The van der Waals surface area contributed by atoms with Crippen LogP contribution in [0.5, 0.6) is 0 Å². The average molecular weight is 370 g/mol. The van der Waals surface area contributed by atoms with Crippen molar-refractivity contribution in [3.8, 4) is 0 Å². The number of benzene rings is 1. The van der Waals surface area contributed by atoms with E-state index in [0.29, 0.717) is 18.1 Å². The molecule has 2 saturated heterocycles. The van der Waals surface area contributed by atoms with Gasteiger partial charge in [0, 0.05) is 32.6 Å². The third-order valence-electron chi connectivity index (χ3n) is 6.02. The second-order valence-corrected chi connectivity index (χ2v) is 7.89. The first-order chi connectivity index (χ1) is 13.2. The first-order valence-corrected chi connectivity index (χ1v) is 9.67. The van der Waals surface area contributed by atoms with Crippen LogP contribution in [0.3, 0.4) is 0 Å². The van der Waals surface area contributed by atoms with Crippen LogP contribution < -0.4 is 4.90 Å². The van der Waals surface area contributed by atoms with Crippen LogP contribution in [0.15, 0.2) is 42.7 Å². The number of aromatic nitrogens is 2. The lowest BCUT2D eigenvalue weighted by molar-refractivity contribution is 0.106. The summed E-state index contributed by atoms with van der Waals surface area (Å²) in [7, 11) is 1.76. The molecule has 5 nitrogen and oxygen atoms in total. The van der Waals surface area contributed by atoms with Crippen LogP contribution in [0.25, 0.3) is 0 Å². The van der Waals surface area contributed by atoms with Crippen molar-refractivity contribution in [3.05, 3.63) is 54.1 Å². The molecule has 27 heavy (non-hydrogen) atoms. The molecule has 0 bridgehead atoms. The van der Waals surface area contributed by atoms with Crippen LogP contribution in [0, 0.1) is 11.2 Å². The van der Waals surface area contributed by atoms with Crippen molar-refractivity contribution < 1.29 is 9.13 Å². The maximum absolute atomic E-state index is 13.1. The molecule has 1 atom stereocenters. The zero-order valence-corrected chi connectivity index (χ0v) is 15.9. The van der Waals surface area contributed by atoms with Gasteiger partial charge in [-0.25, -0.2) is 14.4 Å². The van der Waals surface area contributed by atoms with E-state index < -0.39 is 0 Å². The Morgan fingerprint density at radius 1 is 1.15 bits per heavy atom. The predicted octanol–water partition coefficient (Wildman–Crippen LogP) is 3.12. The Balaban J connectivity index is 1.40. The van der Waals surface area contributed by atoms with E-state index in [-0.39, 0.29) is 5.82 Å². The molecule has 3 heterocycles. The lowest BCUT2D eigenvalue weighted by atomic mass is 9.76. The number of rotatable bonds is 5. The van der Waals surface area contributed by atoms with E-state index in [0.717, 1.165) is 51.4 Å². The molecule has 0 unspecified atom stereocenters. The summed E-state index contributed by atoms with van der Waals surface area (Å²) >= 11 is 0. The monoisotopic (exact) mass is 370 g/mol. The number of likely N-dealkylation sites (tertiary alicyclic amines) is 1. The largest absolute Gasteiger partial charge is 0.383 e. The second kappa shape index (κ2) is 7.90. The Kier molecular flexibility index (Phi) is 5.36. The Morgan fingerprint density at radius 2 is 1.85 bits per heavy atom. The van der Waals surface area contributed by atoms with Crippen molar-refractivity contribution in [1.29, 1.82) is 0 Å². The van der Waals surface area contributed by atoms with Gasteiger partial charge in [0.05, 0.1) is 12.6 Å². The van der Waals surface area contributed by atoms with Gasteiger partial charge in [0.15, 0.2) is 0 Å². The molecule has 0 saturated carbocycles. The number of nitrogens with zero attached hydrogens (tertiary/aromatic N) is 4. The summed E-state index contributed by atoms with van der Waals surface area (Å²) in [5, 5.41) is 0. The third kappa shape index (κ3) is 4.12. The minimum atomic E-state index is -0.172. The van der Waals surface area contributed by atoms with Crippen LogP contribution in [0.2, 0.25) is 0 Å². The van der Waals surface area contributed by atoms with E-state index in [1.54, 1.807) is 19.2 Å². The molecular weight excluding hydrogens is 343 g/mol. The van der Waals surface area contributed by atoms with Crippen molar-refractivity contribution in [3.63, 3.8) is 0 Å². The SMILES string of the molecule is COC[C@@H]1CC2(CCN(Cc3ccc(F)cc3)CC2)CN1c1ncccn1. The maximum atomic E-state index is 13.1. The van der Waals surface area contributed by atoms with Crippen LogP contribution in [0.4, 0.5) is 10.3 Å². The summed E-state index contributed by atoms with van der Waals surface area (Å²) in [6.45, 7) is 4.74. The van der Waals surface area contributed by atoms with Crippen molar-refractivity contribution >= 4 is 5.95 Å². The van der Waals surface area contributed by atoms with Gasteiger partial charge in [-0.15, -0.1) is 0 Å². The number of anilines is 1. The molecule has 2 aliphatic heterocycles. The highest BCUT2D eigenvalue weighted by Gasteiger charge is 2.46. The first-order valence-electron chi connectivity index (χ1n) is 9.67. The number of ether oxygens (including phenoxy) is 1. The van der Waals surface area contributed by atoms with Gasteiger partial charge in [-0.1, -0.05) is 12.1 Å². The zero-order valence-electron chi connectivity index (χ0n) is 15.9. The van der Waals surface area contributed by atoms with Crippen molar-refractivity contribution in [2.24, 2.45) is 5.41 Å². The van der Waals surface area contributed by atoms with Crippen LogP contribution in [0.1, 0.15) is 24.8 Å². The molecule has 1 aromatic heterocycles. The van der Waals surface area contributed by atoms with E-state index in [9.17, 15) is 4.39 Å². The maximum Gasteiger partial charge on any atom is 0.225 e. The molecule has 0 amide bonds. The Labute approximate surface area is 160 Å². The van der Waals surface area contributed by atoms with Crippen LogP contribution in [-0.4, -0.2) is 54.3 Å². The topological polar surface area (TPSA) is 41.5 Å². The van der Waals surface area contributed by atoms with Gasteiger partial charge >= 0.3 is 0 Å². The number of methoxy groups -OCH3 is 1. The minimum absolute atomic E-state index is 0.172. The van der Waals surface area contributed by atoms with E-state index >= 15 is 0 Å². The molecule has 2 fully saturated rings. The standard InChI is InChI=1S/C21H27FN4O/c1-27-15-19-13-21(16-26(19)20-23-9-2-10-24-20)7-11-25(12-8-21)14-17-3-5-18(22)6-4-17/h2-6,9-10,19H,7-8,11-16H2,1H3/t19-/m0/s1. The normalized spacial score (nSPS) is 22.4. The molecule has 2 aromatic rings. The van der Waals surface area contributed by atoms with Crippen LogP contribution in [-0.2, 0) is 11.3 Å². The van der Waals surface area contributed by atoms with E-state index in [4.69, 9.17) is 4.74 Å². The molecule has 1 spiro atoms. The Hall–Kier alpha value is -2.05. The summed E-state index contributed by atoms with van der Waals surface area (Å²) in [6, 6.07) is 9.06. The highest BCUT2D eigenvalue weighted by atomic mass is 19.1. The van der Waals surface area contributed by atoms with E-state index in [2.05, 4.69) is 19.8 Å². The number of piperidine rings is 1. The van der Waals surface area contributed by atoms with E-state index in [1.807, 2.05) is 30.6 Å². The molecule has 1 aromatic carbocycles. The van der Waals surface area contributed by atoms with Gasteiger partial charge in [0.2, 0.25) is 5.95 Å². The molecule has 0 aliphatic carbocycles. The summed E-state index contributed by atoms with van der Waals surface area (Å²) < 4.78 is 18.6. The Bertz CT molecular complexity index is 732. The fourth-order valence-electron chi connectivity index (χ4n) is 4.58. The number of halogens is 1. The summed E-state index contributed by atoms with van der Waals surface area (Å²) in [4.78, 5) is 13.7. The highest BCUT2D eigenvalue weighted by molar-refractivity contribution is 5.35. The molecule has 0 radical (unpaired) electrons. The lowest BCUT2D eigenvalue weighted by Crippen LogP contribution is -2.41. The molecule has 2 aliphatic rings. The van der Waals surface area contributed by atoms with Gasteiger partial charge in [0.25, 0.3) is 0 Å². The fraction of sp³-hybridized carbons (Fsp3) is 0.524. The van der Waals surface area contributed by atoms with E-state index in [1.165, 1.54) is 5.56 Å². The van der Waals surface area contributed by atoms with Crippen molar-refractivity contribution in [2.45, 2.75) is 31.8 Å². The van der Waals surface area contributed by atoms with Gasteiger partial charge in [-0.3, -0.25) is 4.90 Å². The van der Waals surface area contributed by atoms with Gasteiger partial charge in [-0.2, -0.15) is 0 Å². The average Bonchev–Trinajstić information content (AvgIpc) is 3.05.